The Labute approximate surface area is 109 Å². The molecule has 0 aliphatic carbocycles. The monoisotopic (exact) mass is 255 g/mol. The van der Waals surface area contributed by atoms with Gasteiger partial charge in [-0.15, -0.1) is 0 Å². The molecule has 94 valence electrons. The molecule has 2 aromatic rings. The lowest BCUT2D eigenvalue weighted by molar-refractivity contribution is -0.355. The Morgan fingerprint density at radius 2 is 1.79 bits per heavy atom. The average molecular weight is 255 g/mol. The van der Waals surface area contributed by atoms with Crippen LogP contribution < -0.4 is 0 Å². The highest BCUT2D eigenvalue weighted by molar-refractivity contribution is 6.52. The Morgan fingerprint density at radius 3 is 2.47 bits per heavy atom. The van der Waals surface area contributed by atoms with Gasteiger partial charge in [-0.2, -0.15) is 4.74 Å². The van der Waals surface area contributed by atoms with Crippen molar-refractivity contribution in [2.45, 2.75) is 6.92 Å². The van der Waals surface area contributed by atoms with Crippen LogP contribution in [0.3, 0.4) is 0 Å². The summed E-state index contributed by atoms with van der Waals surface area (Å²) in [6, 6.07) is 10.4. The van der Waals surface area contributed by atoms with Crippen molar-refractivity contribution in [2.75, 3.05) is 0 Å². The predicted octanol–water partition coefficient (Wildman–Crippen LogP) is 2.96. The standard InChI is InChI=1S/C15H10FNO2/c1-9-2-7-13-12(8-9)15(18)14(17(13)19)10-3-5-11(16)6-4-10/h2-8H,1H3. The maximum absolute atomic E-state index is 12.9. The zero-order valence-electron chi connectivity index (χ0n) is 10.2. The van der Waals surface area contributed by atoms with Crippen LogP contribution in [0.15, 0.2) is 42.5 Å². The number of fused-ring (bicyclic) bond motifs is 1. The molecule has 0 N–H and O–H groups in total. The number of halogens is 1. The number of aryl methyl sites for hydroxylation is 1. The van der Waals surface area contributed by atoms with Crippen molar-refractivity contribution in [2.24, 2.45) is 0 Å². The first-order valence-corrected chi connectivity index (χ1v) is 5.83. The van der Waals surface area contributed by atoms with Crippen LogP contribution in [-0.2, 0) is 0 Å². The Bertz CT molecular complexity index is 717. The molecule has 0 unspecified atom stereocenters. The quantitative estimate of drug-likeness (QED) is 0.580. The molecule has 1 aliphatic heterocycles. The summed E-state index contributed by atoms with van der Waals surface area (Å²) in [6.45, 7) is 1.86. The van der Waals surface area contributed by atoms with Crippen molar-refractivity contribution >= 4 is 17.2 Å². The Morgan fingerprint density at radius 1 is 1.11 bits per heavy atom. The summed E-state index contributed by atoms with van der Waals surface area (Å²) < 4.78 is 13.5. The molecule has 0 saturated heterocycles. The van der Waals surface area contributed by atoms with E-state index in [2.05, 4.69) is 0 Å². The van der Waals surface area contributed by atoms with Gasteiger partial charge in [-0.1, -0.05) is 6.07 Å². The molecule has 3 nitrogen and oxygen atoms in total. The van der Waals surface area contributed by atoms with E-state index in [1.54, 1.807) is 18.2 Å². The number of hydrogen-bond acceptors (Lipinski definition) is 2. The van der Waals surface area contributed by atoms with E-state index in [1.807, 2.05) is 6.92 Å². The third-order valence-corrected chi connectivity index (χ3v) is 3.15. The summed E-state index contributed by atoms with van der Waals surface area (Å²) in [6.07, 6.45) is 0. The summed E-state index contributed by atoms with van der Waals surface area (Å²) >= 11 is 0. The van der Waals surface area contributed by atoms with Gasteiger partial charge in [0.25, 0.3) is 11.5 Å². The second-order valence-electron chi connectivity index (χ2n) is 4.50. The van der Waals surface area contributed by atoms with Gasteiger partial charge in [0.2, 0.25) is 5.69 Å². The molecule has 3 rings (SSSR count). The van der Waals surface area contributed by atoms with Gasteiger partial charge in [-0.25, -0.2) is 4.39 Å². The molecular weight excluding hydrogens is 245 g/mol. The number of nitrogens with zero attached hydrogens (tertiary/aromatic N) is 1. The maximum Gasteiger partial charge on any atom is 0.272 e. The van der Waals surface area contributed by atoms with Gasteiger partial charge in [0, 0.05) is 6.07 Å². The average Bonchev–Trinajstić information content (AvgIpc) is 2.63. The van der Waals surface area contributed by atoms with Crippen molar-refractivity contribution in [1.82, 2.24) is 0 Å². The molecule has 0 aromatic heterocycles. The summed E-state index contributed by atoms with van der Waals surface area (Å²) in [4.78, 5) is 12.3. The van der Waals surface area contributed by atoms with Crippen LogP contribution in [0.25, 0.3) is 0 Å². The third-order valence-electron chi connectivity index (χ3n) is 3.15. The van der Waals surface area contributed by atoms with Crippen molar-refractivity contribution < 1.29 is 13.9 Å². The molecule has 0 spiro atoms. The maximum atomic E-state index is 12.9. The fourth-order valence-corrected chi connectivity index (χ4v) is 2.21. The number of ketones is 1. The number of carbonyl (C=O) groups is 1. The summed E-state index contributed by atoms with van der Waals surface area (Å²) in [5.41, 5.74) is 2.13. The van der Waals surface area contributed by atoms with Crippen molar-refractivity contribution in [3.05, 3.63) is 70.2 Å². The van der Waals surface area contributed by atoms with Crippen LogP contribution in [-0.4, -0.2) is 16.2 Å². The second-order valence-corrected chi connectivity index (χ2v) is 4.50. The molecule has 1 heterocycles. The normalized spacial score (nSPS) is 13.9. The van der Waals surface area contributed by atoms with E-state index in [1.165, 1.54) is 24.3 Å². The fraction of sp³-hybridized carbons (Fsp3) is 0.0667. The van der Waals surface area contributed by atoms with Gasteiger partial charge in [0.15, 0.2) is 0 Å². The zero-order valence-corrected chi connectivity index (χ0v) is 10.2. The molecule has 4 heteroatoms. The van der Waals surface area contributed by atoms with Crippen molar-refractivity contribution in [3.63, 3.8) is 0 Å². The largest absolute Gasteiger partial charge is 0.618 e. The van der Waals surface area contributed by atoms with E-state index in [0.717, 1.165) is 5.56 Å². The highest BCUT2D eigenvalue weighted by atomic mass is 19.1. The molecule has 0 saturated carbocycles. The topological polar surface area (TPSA) is 43.1 Å². The van der Waals surface area contributed by atoms with Crippen LogP contribution in [0.2, 0.25) is 0 Å². The molecule has 0 atom stereocenters. The molecule has 19 heavy (non-hydrogen) atoms. The highest BCUT2D eigenvalue weighted by Crippen LogP contribution is 2.28. The lowest BCUT2D eigenvalue weighted by Crippen LogP contribution is -2.16. The minimum Gasteiger partial charge on any atom is -0.618 e. The van der Waals surface area contributed by atoms with Crippen molar-refractivity contribution in [3.8, 4) is 0 Å². The minimum absolute atomic E-state index is 0.0422. The van der Waals surface area contributed by atoms with Crippen LogP contribution in [0.4, 0.5) is 10.1 Å². The molecule has 0 amide bonds. The van der Waals surface area contributed by atoms with E-state index in [0.29, 0.717) is 21.6 Å². The Balaban J connectivity index is 2.17. The summed E-state index contributed by atoms with van der Waals surface area (Å²) in [7, 11) is 0. The lowest BCUT2D eigenvalue weighted by atomic mass is 10.0. The first-order valence-electron chi connectivity index (χ1n) is 5.83. The van der Waals surface area contributed by atoms with Gasteiger partial charge in [-0.05, 0) is 42.8 Å². The Hall–Kier alpha value is -2.49. The fourth-order valence-electron chi connectivity index (χ4n) is 2.21. The first kappa shape index (κ1) is 11.6. The van der Waals surface area contributed by atoms with E-state index < -0.39 is 5.82 Å². The molecule has 1 aliphatic rings. The van der Waals surface area contributed by atoms with Gasteiger partial charge < -0.3 is 5.21 Å². The smallest absolute Gasteiger partial charge is 0.272 e. The second kappa shape index (κ2) is 4.02. The van der Waals surface area contributed by atoms with Crippen LogP contribution in [0, 0.1) is 17.9 Å². The molecule has 0 radical (unpaired) electrons. The lowest BCUT2D eigenvalue weighted by Gasteiger charge is -2.01. The van der Waals surface area contributed by atoms with Gasteiger partial charge >= 0.3 is 0 Å². The number of rotatable bonds is 1. The first-order chi connectivity index (χ1) is 9.08. The third kappa shape index (κ3) is 1.73. The summed E-state index contributed by atoms with van der Waals surface area (Å²) in [5.74, 6) is -0.721. The van der Waals surface area contributed by atoms with Gasteiger partial charge in [0.1, 0.15) is 11.4 Å². The van der Waals surface area contributed by atoms with E-state index in [-0.39, 0.29) is 11.5 Å². The number of hydrogen-bond donors (Lipinski definition) is 0. The number of benzene rings is 2. The number of carbonyl (C=O) groups excluding carboxylic acids is 1. The minimum atomic E-state index is -0.402. The van der Waals surface area contributed by atoms with Crippen LogP contribution in [0.5, 0.6) is 0 Å². The molecule has 2 aromatic carbocycles. The zero-order chi connectivity index (χ0) is 13.6. The summed E-state index contributed by atoms with van der Waals surface area (Å²) in [5, 5.41) is 12.2. The predicted molar refractivity (Wildman–Crippen MR) is 69.3 cm³/mol. The SMILES string of the molecule is Cc1ccc2c(c1)C(=O)C(c1ccc(F)cc1)=[N+]2[O-]. The van der Waals surface area contributed by atoms with E-state index >= 15 is 0 Å². The molecule has 0 fully saturated rings. The van der Waals surface area contributed by atoms with E-state index in [4.69, 9.17) is 0 Å². The van der Waals surface area contributed by atoms with Crippen LogP contribution >= 0.6 is 0 Å². The van der Waals surface area contributed by atoms with E-state index in [9.17, 15) is 14.4 Å². The highest BCUT2D eigenvalue weighted by Gasteiger charge is 2.36. The van der Waals surface area contributed by atoms with Gasteiger partial charge in [-0.3, -0.25) is 4.79 Å². The molecular formula is C15H10FNO2. The Kier molecular flexibility index (Phi) is 2.45. The molecule has 0 bridgehead atoms. The van der Waals surface area contributed by atoms with Gasteiger partial charge in [0.05, 0.1) is 5.56 Å². The number of Topliss-reactive ketones (excluding diaryl/α,β-unsaturated/α-hetero) is 1. The van der Waals surface area contributed by atoms with Crippen molar-refractivity contribution in [1.29, 1.82) is 0 Å². The van der Waals surface area contributed by atoms with Crippen LogP contribution in [0.1, 0.15) is 21.5 Å².